The molecule has 13 aromatic carbocycles. The monoisotopic (exact) mass is 848 g/mol. The highest BCUT2D eigenvalue weighted by atomic mass is 19.1. The molecular formula is C66H37F. The fraction of sp³-hybridized carbons (Fsp3) is 0. The van der Waals surface area contributed by atoms with Crippen molar-refractivity contribution in [3.63, 3.8) is 0 Å². The predicted octanol–water partition coefficient (Wildman–Crippen LogP) is 18.7. The topological polar surface area (TPSA) is 0 Å². The fourth-order valence-corrected chi connectivity index (χ4v) is 12.3. The van der Waals surface area contributed by atoms with Gasteiger partial charge >= 0.3 is 0 Å². The third-order valence-electron chi connectivity index (χ3n) is 15.0. The van der Waals surface area contributed by atoms with Crippen LogP contribution in [0.5, 0.6) is 0 Å². The summed E-state index contributed by atoms with van der Waals surface area (Å²) in [5.41, 5.74) is 22.1. The van der Waals surface area contributed by atoms with E-state index in [2.05, 4.69) is 200 Å². The molecule has 0 amide bonds. The van der Waals surface area contributed by atoms with Crippen LogP contribution in [0.25, 0.3) is 154 Å². The Balaban J connectivity index is 1.06. The van der Waals surface area contributed by atoms with Crippen LogP contribution in [0.1, 0.15) is 0 Å². The average molecular weight is 849 g/mol. The van der Waals surface area contributed by atoms with Gasteiger partial charge in [-0.1, -0.05) is 212 Å². The molecular weight excluding hydrogens is 812 g/mol. The van der Waals surface area contributed by atoms with Crippen molar-refractivity contribution in [1.29, 1.82) is 0 Å². The lowest BCUT2D eigenvalue weighted by Gasteiger charge is -2.22. The molecule has 0 N–H and O–H groups in total. The maximum atomic E-state index is 14.4. The Hall–Kier alpha value is -8.65. The van der Waals surface area contributed by atoms with Gasteiger partial charge in [0.25, 0.3) is 0 Å². The first-order valence-corrected chi connectivity index (χ1v) is 23.2. The molecule has 0 radical (unpaired) electrons. The highest BCUT2D eigenvalue weighted by molar-refractivity contribution is 6.42. The third-order valence-corrected chi connectivity index (χ3v) is 15.0. The Morgan fingerprint density at radius 2 is 0.537 bits per heavy atom. The highest BCUT2D eigenvalue weighted by Crippen LogP contribution is 2.62. The van der Waals surface area contributed by atoms with Crippen molar-refractivity contribution < 1.29 is 4.39 Å². The summed E-state index contributed by atoms with van der Waals surface area (Å²) in [7, 11) is 0. The lowest BCUT2D eigenvalue weighted by Crippen LogP contribution is -1.95. The van der Waals surface area contributed by atoms with E-state index in [1.54, 1.807) is 12.1 Å². The van der Waals surface area contributed by atoms with E-state index in [4.69, 9.17) is 0 Å². The molecule has 67 heavy (non-hydrogen) atoms. The first kappa shape index (κ1) is 36.7. The van der Waals surface area contributed by atoms with Gasteiger partial charge in [0.2, 0.25) is 0 Å². The van der Waals surface area contributed by atoms with Crippen molar-refractivity contribution in [2.45, 2.75) is 0 Å². The summed E-state index contributed by atoms with van der Waals surface area (Å²) >= 11 is 0. The largest absolute Gasteiger partial charge is 0.207 e. The van der Waals surface area contributed by atoms with E-state index in [-0.39, 0.29) is 5.82 Å². The van der Waals surface area contributed by atoms with Crippen LogP contribution >= 0.6 is 0 Å². The standard InChI is InChI=1S/C66H37F/c67-42-26-24-40(25-27-42)43-20-10-11-21-46(43)62-48-23-13-12-22-47(48)57(41-18-8-3-9-19-41)65-55-36-32-51-49-30-34-53-58-44(38-14-4-1-5-15-38)28-29-45(39-16-6-2-7-17-39)59(58)54-35-31-50(60(49)63(53)54)52-33-37-56(66(62)65)64(55)61(51)52/h1-37H. The second-order valence-electron chi connectivity index (χ2n) is 18.2. The van der Waals surface area contributed by atoms with Gasteiger partial charge in [-0.2, -0.15) is 0 Å². The van der Waals surface area contributed by atoms with E-state index in [9.17, 15) is 4.39 Å². The summed E-state index contributed by atoms with van der Waals surface area (Å²) < 4.78 is 14.4. The fourth-order valence-electron chi connectivity index (χ4n) is 12.3. The highest BCUT2D eigenvalue weighted by Gasteiger charge is 2.34. The van der Waals surface area contributed by atoms with E-state index in [0.29, 0.717) is 0 Å². The molecule has 0 heterocycles. The van der Waals surface area contributed by atoms with E-state index in [1.807, 2.05) is 12.1 Å². The van der Waals surface area contributed by atoms with Crippen LogP contribution in [0.3, 0.4) is 0 Å². The molecule has 0 aromatic heterocycles. The molecule has 0 bridgehead atoms. The molecule has 0 unspecified atom stereocenters. The van der Waals surface area contributed by atoms with E-state index in [1.165, 1.54) is 137 Å². The molecule has 308 valence electrons. The van der Waals surface area contributed by atoms with Crippen LogP contribution in [0, 0.1) is 5.82 Å². The summed E-state index contributed by atoms with van der Waals surface area (Å²) in [6.07, 6.45) is 0. The minimum absolute atomic E-state index is 0.236. The van der Waals surface area contributed by atoms with Gasteiger partial charge in [-0.3, -0.25) is 0 Å². The summed E-state index contributed by atoms with van der Waals surface area (Å²) in [6.45, 7) is 0. The molecule has 1 heteroatoms. The van der Waals surface area contributed by atoms with Crippen LogP contribution in [0.2, 0.25) is 0 Å². The van der Waals surface area contributed by atoms with Gasteiger partial charge < -0.3 is 0 Å². The normalized spacial score (nSPS) is 12.3. The van der Waals surface area contributed by atoms with Crippen LogP contribution in [0.15, 0.2) is 224 Å². The summed E-state index contributed by atoms with van der Waals surface area (Å²) in [5.74, 6) is -0.236. The maximum absolute atomic E-state index is 14.4. The molecule has 0 atom stereocenters. The summed E-state index contributed by atoms with van der Waals surface area (Å²) in [5, 5.41) is 12.8. The molecule has 0 fully saturated rings. The van der Waals surface area contributed by atoms with Crippen molar-refractivity contribution in [2.24, 2.45) is 0 Å². The minimum atomic E-state index is -0.236. The van der Waals surface area contributed by atoms with Crippen molar-refractivity contribution >= 4 is 53.9 Å². The van der Waals surface area contributed by atoms with Crippen molar-refractivity contribution in [3.8, 4) is 100 Å². The SMILES string of the molecule is Fc1ccc(-c2ccccc2-c2c3c(c(-c4ccccc4)c4ccccc24)-c2ccc4c5ccc6c7c(ccc(c8ccc-3c2c48)c75)-c2c(-c3ccccc3)ccc(-c3ccccc3)c2-6)cc1. The maximum Gasteiger partial charge on any atom is 0.123 e. The van der Waals surface area contributed by atoms with Crippen molar-refractivity contribution in [3.05, 3.63) is 230 Å². The molecule has 0 aliphatic heterocycles. The lowest BCUT2D eigenvalue weighted by atomic mass is 9.81. The molecule has 13 aromatic rings. The van der Waals surface area contributed by atoms with Gasteiger partial charge in [-0.05, 0) is 166 Å². The van der Waals surface area contributed by atoms with Gasteiger partial charge in [0, 0.05) is 0 Å². The zero-order valence-corrected chi connectivity index (χ0v) is 36.2. The Labute approximate surface area is 386 Å². The zero-order valence-electron chi connectivity index (χ0n) is 36.2. The van der Waals surface area contributed by atoms with E-state index >= 15 is 0 Å². The number of halogens is 1. The number of fused-ring (bicyclic) bond motifs is 9. The van der Waals surface area contributed by atoms with Crippen molar-refractivity contribution in [1.82, 2.24) is 0 Å². The summed E-state index contributed by atoms with van der Waals surface area (Å²) in [6, 6.07) is 81.2. The number of rotatable bonds is 5. The Kier molecular flexibility index (Phi) is 7.49. The van der Waals surface area contributed by atoms with E-state index < -0.39 is 0 Å². The molecule has 0 nitrogen and oxygen atoms in total. The molecule has 2 aliphatic rings. The smallest absolute Gasteiger partial charge is 0.123 e. The average Bonchev–Trinajstić information content (AvgIpc) is 3.92. The lowest BCUT2D eigenvalue weighted by molar-refractivity contribution is 0.628. The van der Waals surface area contributed by atoms with Crippen LogP contribution in [0.4, 0.5) is 4.39 Å². The summed E-state index contributed by atoms with van der Waals surface area (Å²) in [4.78, 5) is 0. The third kappa shape index (κ3) is 4.95. The van der Waals surface area contributed by atoms with Gasteiger partial charge in [-0.15, -0.1) is 0 Å². The first-order valence-electron chi connectivity index (χ1n) is 23.2. The van der Waals surface area contributed by atoms with E-state index in [0.717, 1.165) is 16.7 Å². The van der Waals surface area contributed by atoms with Crippen LogP contribution in [-0.4, -0.2) is 0 Å². The molecule has 15 rings (SSSR count). The Bertz CT molecular complexity index is 4100. The molecule has 2 aliphatic carbocycles. The van der Waals surface area contributed by atoms with Crippen LogP contribution in [-0.2, 0) is 0 Å². The first-order chi connectivity index (χ1) is 33.2. The Morgan fingerprint density at radius 1 is 0.179 bits per heavy atom. The number of hydrogen-bond acceptors (Lipinski definition) is 0. The van der Waals surface area contributed by atoms with Gasteiger partial charge in [0.15, 0.2) is 0 Å². The van der Waals surface area contributed by atoms with Gasteiger partial charge in [0.05, 0.1) is 0 Å². The zero-order chi connectivity index (χ0) is 43.9. The second-order valence-corrected chi connectivity index (χ2v) is 18.2. The number of hydrogen-bond donors (Lipinski definition) is 0. The van der Waals surface area contributed by atoms with Gasteiger partial charge in [0.1, 0.15) is 5.82 Å². The minimum Gasteiger partial charge on any atom is -0.207 e. The van der Waals surface area contributed by atoms with Crippen LogP contribution < -0.4 is 0 Å². The molecule has 0 saturated carbocycles. The second kappa shape index (κ2) is 13.7. The van der Waals surface area contributed by atoms with Crippen molar-refractivity contribution in [2.75, 3.05) is 0 Å². The molecule has 0 saturated heterocycles. The predicted molar refractivity (Wildman–Crippen MR) is 281 cm³/mol. The van der Waals surface area contributed by atoms with Gasteiger partial charge in [-0.25, -0.2) is 4.39 Å². The molecule has 0 spiro atoms. The quantitative estimate of drug-likeness (QED) is 0.120. The number of benzene rings is 13. The Morgan fingerprint density at radius 3 is 1.03 bits per heavy atom.